The predicted molar refractivity (Wildman–Crippen MR) is 102 cm³/mol. The van der Waals surface area contributed by atoms with Gasteiger partial charge < -0.3 is 19.5 Å². The monoisotopic (exact) mass is 425 g/mol. The second-order valence-corrected chi connectivity index (χ2v) is 7.72. The van der Waals surface area contributed by atoms with Gasteiger partial charge in [0.05, 0.1) is 38.5 Å². The lowest BCUT2D eigenvalue weighted by Gasteiger charge is -2.48. The molecule has 162 valence electrons. The maximum Gasteiger partial charge on any atom is 0.416 e. The van der Waals surface area contributed by atoms with E-state index in [1.807, 2.05) is 0 Å². The summed E-state index contributed by atoms with van der Waals surface area (Å²) >= 11 is 0. The molecule has 1 N–H and O–H groups in total. The van der Waals surface area contributed by atoms with Crippen LogP contribution in [0.1, 0.15) is 35.1 Å². The van der Waals surface area contributed by atoms with Crippen molar-refractivity contribution in [2.75, 3.05) is 33.5 Å². The SMILES string of the molecule is COc1ccc(C(F)(F)F)cc1[C@H]1COCC2(C1)OCCN[C@H]2c1ccc(F)cc1. The maximum absolute atomic E-state index is 13.4. The van der Waals surface area contributed by atoms with E-state index in [1.54, 1.807) is 12.1 Å². The molecule has 1 spiro atoms. The van der Waals surface area contributed by atoms with Crippen LogP contribution in [-0.4, -0.2) is 39.1 Å². The van der Waals surface area contributed by atoms with E-state index >= 15 is 0 Å². The Hall–Kier alpha value is -2.16. The van der Waals surface area contributed by atoms with E-state index in [0.29, 0.717) is 37.5 Å². The minimum atomic E-state index is -4.45. The summed E-state index contributed by atoms with van der Waals surface area (Å²) in [6.07, 6.45) is -4.01. The minimum Gasteiger partial charge on any atom is -0.496 e. The first kappa shape index (κ1) is 21.1. The van der Waals surface area contributed by atoms with Crippen molar-refractivity contribution in [1.82, 2.24) is 5.32 Å². The molecular weight excluding hydrogens is 402 g/mol. The third-order valence-electron chi connectivity index (χ3n) is 5.82. The number of rotatable bonds is 3. The van der Waals surface area contributed by atoms with Crippen LogP contribution in [0.25, 0.3) is 0 Å². The van der Waals surface area contributed by atoms with Gasteiger partial charge in [-0.05, 0) is 42.3 Å². The lowest BCUT2D eigenvalue weighted by Crippen LogP contribution is -2.57. The van der Waals surface area contributed by atoms with Gasteiger partial charge in [0.25, 0.3) is 0 Å². The largest absolute Gasteiger partial charge is 0.496 e. The normalized spacial score (nSPS) is 27.2. The summed E-state index contributed by atoms with van der Waals surface area (Å²) in [6, 6.07) is 9.38. The van der Waals surface area contributed by atoms with Crippen LogP contribution in [0, 0.1) is 5.82 Å². The van der Waals surface area contributed by atoms with Crippen LogP contribution in [0.4, 0.5) is 17.6 Å². The van der Waals surface area contributed by atoms with Crippen molar-refractivity contribution in [2.45, 2.75) is 30.2 Å². The average molecular weight is 425 g/mol. The summed E-state index contributed by atoms with van der Waals surface area (Å²) in [6.45, 7) is 1.62. The minimum absolute atomic E-state index is 0.263. The Balaban J connectivity index is 1.69. The third kappa shape index (κ3) is 4.04. The molecule has 1 unspecified atom stereocenters. The quantitative estimate of drug-likeness (QED) is 0.738. The number of alkyl halides is 3. The summed E-state index contributed by atoms with van der Waals surface area (Å²) in [5.41, 5.74) is -0.219. The number of hydrogen-bond donors (Lipinski definition) is 1. The van der Waals surface area contributed by atoms with Crippen molar-refractivity contribution in [3.8, 4) is 5.75 Å². The highest BCUT2D eigenvalue weighted by molar-refractivity contribution is 5.41. The van der Waals surface area contributed by atoms with Crippen molar-refractivity contribution in [3.05, 3.63) is 65.0 Å². The molecule has 4 nitrogen and oxygen atoms in total. The number of morpholine rings is 1. The van der Waals surface area contributed by atoms with Crippen LogP contribution in [-0.2, 0) is 15.7 Å². The molecule has 0 bridgehead atoms. The molecule has 0 amide bonds. The molecule has 2 aromatic rings. The Morgan fingerprint density at radius 3 is 2.60 bits per heavy atom. The van der Waals surface area contributed by atoms with E-state index in [9.17, 15) is 17.6 Å². The number of benzene rings is 2. The van der Waals surface area contributed by atoms with E-state index in [1.165, 1.54) is 25.3 Å². The molecule has 4 rings (SSSR count). The van der Waals surface area contributed by atoms with E-state index in [2.05, 4.69) is 5.32 Å². The number of nitrogens with one attached hydrogen (secondary N) is 1. The summed E-state index contributed by atoms with van der Waals surface area (Å²) in [4.78, 5) is 0. The molecular formula is C22H23F4NO3. The molecule has 0 aromatic heterocycles. The van der Waals surface area contributed by atoms with Crippen molar-refractivity contribution in [3.63, 3.8) is 0 Å². The second-order valence-electron chi connectivity index (χ2n) is 7.72. The summed E-state index contributed by atoms with van der Waals surface area (Å²) in [7, 11) is 1.44. The van der Waals surface area contributed by atoms with Crippen molar-refractivity contribution in [2.24, 2.45) is 0 Å². The topological polar surface area (TPSA) is 39.7 Å². The van der Waals surface area contributed by atoms with Gasteiger partial charge in [-0.25, -0.2) is 4.39 Å². The van der Waals surface area contributed by atoms with Crippen LogP contribution in [0.5, 0.6) is 5.75 Å². The molecule has 0 aliphatic carbocycles. The zero-order chi connectivity index (χ0) is 21.4. The van der Waals surface area contributed by atoms with Crippen LogP contribution in [0.3, 0.4) is 0 Å². The lowest BCUT2D eigenvalue weighted by molar-refractivity contribution is -0.171. The van der Waals surface area contributed by atoms with Gasteiger partial charge in [-0.3, -0.25) is 0 Å². The first-order chi connectivity index (χ1) is 14.3. The van der Waals surface area contributed by atoms with Crippen LogP contribution in [0.15, 0.2) is 42.5 Å². The third-order valence-corrected chi connectivity index (χ3v) is 5.82. The van der Waals surface area contributed by atoms with E-state index in [-0.39, 0.29) is 24.4 Å². The van der Waals surface area contributed by atoms with Crippen LogP contribution in [0.2, 0.25) is 0 Å². The van der Waals surface area contributed by atoms with Gasteiger partial charge in [0, 0.05) is 18.0 Å². The molecule has 2 aliphatic rings. The van der Waals surface area contributed by atoms with Gasteiger partial charge in [-0.1, -0.05) is 12.1 Å². The fourth-order valence-electron chi connectivity index (χ4n) is 4.44. The number of methoxy groups -OCH3 is 1. The van der Waals surface area contributed by atoms with E-state index in [4.69, 9.17) is 14.2 Å². The Morgan fingerprint density at radius 2 is 1.90 bits per heavy atom. The number of halogens is 4. The van der Waals surface area contributed by atoms with E-state index in [0.717, 1.165) is 17.7 Å². The second kappa shape index (κ2) is 8.17. The molecule has 2 aromatic carbocycles. The van der Waals surface area contributed by atoms with E-state index < -0.39 is 17.3 Å². The molecule has 0 radical (unpaired) electrons. The Morgan fingerprint density at radius 1 is 1.13 bits per heavy atom. The van der Waals surface area contributed by atoms with Crippen molar-refractivity contribution >= 4 is 0 Å². The standard InChI is InChI=1S/C22H23F4NO3/c1-28-19-7-4-16(22(24,25)26)10-18(19)15-11-21(13-29-12-15)20(27-8-9-30-21)14-2-5-17(23)6-3-14/h2-7,10,15,20,27H,8-9,11-13H2,1H3/t15-,20+,21?/m1/s1. The smallest absolute Gasteiger partial charge is 0.416 e. The van der Waals surface area contributed by atoms with Gasteiger partial charge in [-0.2, -0.15) is 13.2 Å². The highest BCUT2D eigenvalue weighted by Crippen LogP contribution is 2.45. The molecule has 2 aliphatic heterocycles. The maximum atomic E-state index is 13.4. The van der Waals surface area contributed by atoms with Gasteiger partial charge >= 0.3 is 6.18 Å². The molecule has 30 heavy (non-hydrogen) atoms. The predicted octanol–water partition coefficient (Wildman–Crippen LogP) is 4.46. The Kier molecular flexibility index (Phi) is 5.74. The summed E-state index contributed by atoms with van der Waals surface area (Å²) in [5.74, 6) is -0.300. The van der Waals surface area contributed by atoms with Crippen LogP contribution >= 0.6 is 0 Å². The van der Waals surface area contributed by atoms with Crippen LogP contribution < -0.4 is 10.1 Å². The molecule has 2 heterocycles. The first-order valence-corrected chi connectivity index (χ1v) is 9.78. The number of hydrogen-bond acceptors (Lipinski definition) is 4. The first-order valence-electron chi connectivity index (χ1n) is 9.78. The highest BCUT2D eigenvalue weighted by Gasteiger charge is 2.48. The summed E-state index contributed by atoms with van der Waals surface area (Å²) < 4.78 is 70.7. The molecule has 8 heteroatoms. The average Bonchev–Trinajstić information content (AvgIpc) is 2.74. The highest BCUT2D eigenvalue weighted by atomic mass is 19.4. The van der Waals surface area contributed by atoms with Crippen molar-refractivity contribution < 1.29 is 31.8 Å². The lowest BCUT2D eigenvalue weighted by atomic mass is 9.76. The van der Waals surface area contributed by atoms with Gasteiger partial charge in [-0.15, -0.1) is 0 Å². The van der Waals surface area contributed by atoms with Gasteiger partial charge in [0.2, 0.25) is 0 Å². The molecule has 3 atom stereocenters. The molecule has 0 saturated carbocycles. The van der Waals surface area contributed by atoms with Crippen molar-refractivity contribution in [1.29, 1.82) is 0 Å². The zero-order valence-corrected chi connectivity index (χ0v) is 16.5. The fraction of sp³-hybridized carbons (Fsp3) is 0.455. The summed E-state index contributed by atoms with van der Waals surface area (Å²) in [5, 5.41) is 3.41. The van der Waals surface area contributed by atoms with Gasteiger partial charge in [0.15, 0.2) is 0 Å². The number of ether oxygens (including phenoxy) is 3. The Bertz CT molecular complexity index is 883. The fourth-order valence-corrected chi connectivity index (χ4v) is 4.44. The molecule has 2 saturated heterocycles. The molecule has 2 fully saturated rings. The van der Waals surface area contributed by atoms with Gasteiger partial charge in [0.1, 0.15) is 17.2 Å². The zero-order valence-electron chi connectivity index (χ0n) is 16.5. The Labute approximate surface area is 172 Å².